The minimum Gasteiger partial charge on any atom is -0.465 e. The van der Waals surface area contributed by atoms with Gasteiger partial charge in [0, 0.05) is 18.2 Å². The van der Waals surface area contributed by atoms with Crippen molar-refractivity contribution in [1.82, 2.24) is 4.90 Å². The van der Waals surface area contributed by atoms with Crippen LogP contribution >= 0.6 is 11.8 Å². The van der Waals surface area contributed by atoms with E-state index < -0.39 is 5.97 Å². The molecular formula is C25H21FN2O4S. The Morgan fingerprint density at radius 2 is 1.94 bits per heavy atom. The minimum atomic E-state index is -0.413. The molecule has 0 radical (unpaired) electrons. The molecule has 0 spiro atoms. The lowest BCUT2D eigenvalue weighted by Crippen LogP contribution is -2.28. The van der Waals surface area contributed by atoms with Crippen molar-refractivity contribution in [3.8, 4) is 11.3 Å². The van der Waals surface area contributed by atoms with Gasteiger partial charge in [0.25, 0.3) is 5.91 Å². The molecule has 4 rings (SSSR count). The van der Waals surface area contributed by atoms with Crippen LogP contribution in [0, 0.1) is 12.7 Å². The molecule has 1 aromatic heterocycles. The van der Waals surface area contributed by atoms with E-state index in [0.29, 0.717) is 39.4 Å². The van der Waals surface area contributed by atoms with E-state index in [0.717, 1.165) is 11.1 Å². The number of hydrogen-bond acceptors (Lipinski definition) is 6. The molecule has 0 unspecified atom stereocenters. The highest BCUT2D eigenvalue weighted by Crippen LogP contribution is 2.35. The lowest BCUT2D eigenvalue weighted by molar-refractivity contribution is -0.122. The number of amides is 1. The average molecular weight is 465 g/mol. The predicted octanol–water partition coefficient (Wildman–Crippen LogP) is 5.80. The summed E-state index contributed by atoms with van der Waals surface area (Å²) in [6.45, 7) is 4.14. The molecular weight excluding hydrogens is 443 g/mol. The SMILES string of the molecule is CCN1C(=O)/C(=C\c2ccc(-c3cccc(C(=O)OC)c3C)o2)SC1=Nc1ccc(F)cc1. The quantitative estimate of drug-likeness (QED) is 0.352. The first-order valence-electron chi connectivity index (χ1n) is 10.2. The summed E-state index contributed by atoms with van der Waals surface area (Å²) in [5.74, 6) is 0.146. The molecule has 1 amide bonds. The van der Waals surface area contributed by atoms with E-state index in [4.69, 9.17) is 9.15 Å². The van der Waals surface area contributed by atoms with Gasteiger partial charge >= 0.3 is 5.97 Å². The number of halogens is 1. The summed E-state index contributed by atoms with van der Waals surface area (Å²) < 4.78 is 24.0. The summed E-state index contributed by atoms with van der Waals surface area (Å²) in [6.07, 6.45) is 1.67. The molecule has 2 heterocycles. The van der Waals surface area contributed by atoms with Gasteiger partial charge in [0.1, 0.15) is 17.3 Å². The molecule has 0 atom stereocenters. The van der Waals surface area contributed by atoms with Gasteiger partial charge in [-0.2, -0.15) is 0 Å². The summed E-state index contributed by atoms with van der Waals surface area (Å²) in [7, 11) is 1.34. The number of benzene rings is 2. The number of aliphatic imine (C=N–C) groups is 1. The Labute approximate surface area is 194 Å². The Balaban J connectivity index is 1.62. The summed E-state index contributed by atoms with van der Waals surface area (Å²) in [5.41, 5.74) is 2.54. The molecule has 2 aromatic carbocycles. The van der Waals surface area contributed by atoms with Crippen LogP contribution in [0.4, 0.5) is 10.1 Å². The van der Waals surface area contributed by atoms with E-state index >= 15 is 0 Å². The Morgan fingerprint density at radius 1 is 1.18 bits per heavy atom. The van der Waals surface area contributed by atoms with Crippen molar-refractivity contribution in [3.05, 3.63) is 82.2 Å². The number of amidine groups is 1. The summed E-state index contributed by atoms with van der Waals surface area (Å²) in [5, 5.41) is 0.522. The van der Waals surface area contributed by atoms with Gasteiger partial charge < -0.3 is 9.15 Å². The van der Waals surface area contributed by atoms with Crippen LogP contribution < -0.4 is 0 Å². The molecule has 1 fully saturated rings. The first-order chi connectivity index (χ1) is 15.9. The van der Waals surface area contributed by atoms with Gasteiger partial charge in [0.05, 0.1) is 23.3 Å². The molecule has 33 heavy (non-hydrogen) atoms. The third-order valence-corrected chi connectivity index (χ3v) is 6.17. The Kier molecular flexibility index (Phi) is 6.46. The van der Waals surface area contributed by atoms with Gasteiger partial charge in [-0.25, -0.2) is 14.2 Å². The lowest BCUT2D eigenvalue weighted by atomic mass is 10.0. The molecule has 1 aliphatic rings. The van der Waals surface area contributed by atoms with Crippen molar-refractivity contribution in [3.63, 3.8) is 0 Å². The van der Waals surface area contributed by atoms with Crippen molar-refractivity contribution in [1.29, 1.82) is 0 Å². The minimum absolute atomic E-state index is 0.176. The second kappa shape index (κ2) is 9.46. The van der Waals surface area contributed by atoms with Crippen LogP contribution in [0.1, 0.15) is 28.6 Å². The molecule has 1 saturated heterocycles. The van der Waals surface area contributed by atoms with Gasteiger partial charge in [0.15, 0.2) is 5.17 Å². The molecule has 6 nitrogen and oxygen atoms in total. The maximum absolute atomic E-state index is 13.2. The number of thioether (sulfide) groups is 1. The van der Waals surface area contributed by atoms with E-state index in [1.165, 1.54) is 31.0 Å². The fourth-order valence-corrected chi connectivity index (χ4v) is 4.48. The molecule has 3 aromatic rings. The van der Waals surface area contributed by atoms with E-state index in [-0.39, 0.29) is 11.7 Å². The monoisotopic (exact) mass is 464 g/mol. The fraction of sp³-hybridized carbons (Fsp3) is 0.160. The molecule has 8 heteroatoms. The van der Waals surface area contributed by atoms with E-state index in [1.54, 1.807) is 47.4 Å². The normalized spacial score (nSPS) is 16.1. The van der Waals surface area contributed by atoms with Gasteiger partial charge in [-0.1, -0.05) is 12.1 Å². The second-order valence-electron chi connectivity index (χ2n) is 7.20. The van der Waals surface area contributed by atoms with Crippen molar-refractivity contribution in [2.45, 2.75) is 13.8 Å². The zero-order valence-corrected chi connectivity index (χ0v) is 19.1. The lowest BCUT2D eigenvalue weighted by Gasteiger charge is -2.11. The summed E-state index contributed by atoms with van der Waals surface area (Å²) in [6, 6.07) is 14.7. The van der Waals surface area contributed by atoms with Crippen molar-refractivity contribution in [2.75, 3.05) is 13.7 Å². The van der Waals surface area contributed by atoms with Crippen LogP contribution in [0.25, 0.3) is 17.4 Å². The highest BCUT2D eigenvalue weighted by Gasteiger charge is 2.32. The van der Waals surface area contributed by atoms with Crippen LogP contribution in [-0.4, -0.2) is 35.6 Å². The van der Waals surface area contributed by atoms with Crippen LogP contribution in [0.15, 0.2) is 68.9 Å². The second-order valence-corrected chi connectivity index (χ2v) is 8.21. The Bertz CT molecular complexity index is 1280. The first-order valence-corrected chi connectivity index (χ1v) is 11.1. The molecule has 0 aliphatic carbocycles. The number of furan rings is 1. The topological polar surface area (TPSA) is 72.1 Å². The number of carbonyl (C=O) groups excluding carboxylic acids is 2. The third kappa shape index (κ3) is 4.61. The maximum Gasteiger partial charge on any atom is 0.338 e. The van der Waals surface area contributed by atoms with Crippen LogP contribution in [0.5, 0.6) is 0 Å². The molecule has 1 aliphatic heterocycles. The molecule has 0 bridgehead atoms. The number of hydrogen-bond donors (Lipinski definition) is 0. The van der Waals surface area contributed by atoms with Crippen molar-refractivity contribution in [2.24, 2.45) is 4.99 Å². The van der Waals surface area contributed by atoms with Gasteiger partial charge in [-0.05, 0) is 73.6 Å². The highest BCUT2D eigenvalue weighted by molar-refractivity contribution is 8.18. The van der Waals surface area contributed by atoms with Gasteiger partial charge in [0.2, 0.25) is 0 Å². The van der Waals surface area contributed by atoms with Gasteiger partial charge in [-0.3, -0.25) is 9.69 Å². The number of likely N-dealkylation sites (N-methyl/N-ethyl adjacent to an activating group) is 1. The molecule has 0 saturated carbocycles. The summed E-state index contributed by atoms with van der Waals surface area (Å²) in [4.78, 5) is 31.4. The zero-order valence-electron chi connectivity index (χ0n) is 18.3. The number of carbonyl (C=O) groups is 2. The molecule has 168 valence electrons. The van der Waals surface area contributed by atoms with Crippen LogP contribution in [0.2, 0.25) is 0 Å². The van der Waals surface area contributed by atoms with Crippen molar-refractivity contribution < 1.29 is 23.1 Å². The van der Waals surface area contributed by atoms with Crippen molar-refractivity contribution >= 4 is 40.6 Å². The van der Waals surface area contributed by atoms with E-state index in [1.807, 2.05) is 19.9 Å². The van der Waals surface area contributed by atoms with Crippen LogP contribution in [0.3, 0.4) is 0 Å². The fourth-order valence-electron chi connectivity index (χ4n) is 3.43. The third-order valence-electron chi connectivity index (χ3n) is 5.16. The predicted molar refractivity (Wildman–Crippen MR) is 127 cm³/mol. The number of methoxy groups -OCH3 is 1. The van der Waals surface area contributed by atoms with E-state index in [9.17, 15) is 14.0 Å². The average Bonchev–Trinajstić information content (AvgIpc) is 3.39. The number of esters is 1. The smallest absolute Gasteiger partial charge is 0.338 e. The zero-order chi connectivity index (χ0) is 23.5. The first kappa shape index (κ1) is 22.5. The number of rotatable bonds is 5. The Hall–Kier alpha value is -3.65. The highest BCUT2D eigenvalue weighted by atomic mass is 32.2. The largest absolute Gasteiger partial charge is 0.465 e. The Morgan fingerprint density at radius 3 is 2.64 bits per heavy atom. The number of nitrogens with zero attached hydrogens (tertiary/aromatic N) is 2. The number of ether oxygens (including phenoxy) is 1. The van der Waals surface area contributed by atoms with Crippen LogP contribution in [-0.2, 0) is 9.53 Å². The van der Waals surface area contributed by atoms with E-state index in [2.05, 4.69) is 4.99 Å². The molecule has 0 N–H and O–H groups in total. The van der Waals surface area contributed by atoms with Gasteiger partial charge in [-0.15, -0.1) is 0 Å². The maximum atomic E-state index is 13.2. The standard InChI is InChI=1S/C25H21FN2O4S/c1-4-28-23(29)22(33-25(28)27-17-10-8-16(26)9-11-17)14-18-12-13-21(32-18)19-6-5-7-20(15(19)2)24(30)31-3/h5-14H,4H2,1-3H3/b22-14+,27-25?. The summed E-state index contributed by atoms with van der Waals surface area (Å²) >= 11 is 1.24.